The first kappa shape index (κ1) is 21.7. The number of aromatic nitrogens is 1. The molecule has 2 N–H and O–H groups in total. The van der Waals surface area contributed by atoms with Crippen molar-refractivity contribution in [2.45, 2.75) is 26.3 Å². The number of hydrogen-bond acceptors (Lipinski definition) is 4. The van der Waals surface area contributed by atoms with Crippen LogP contribution in [0.25, 0.3) is 22.2 Å². The fourth-order valence-electron chi connectivity index (χ4n) is 4.03. The molecule has 0 radical (unpaired) electrons. The Kier molecular flexibility index (Phi) is 6.67. The van der Waals surface area contributed by atoms with Crippen molar-refractivity contribution in [1.82, 2.24) is 9.47 Å². The maximum absolute atomic E-state index is 11.8. The number of fused-ring (bicyclic) bond motifs is 1. The Balaban J connectivity index is 2.25. The van der Waals surface area contributed by atoms with Gasteiger partial charge in [0, 0.05) is 28.6 Å². The van der Waals surface area contributed by atoms with Gasteiger partial charge in [0.1, 0.15) is 0 Å². The van der Waals surface area contributed by atoms with Crippen molar-refractivity contribution in [3.05, 3.63) is 47.5 Å². The van der Waals surface area contributed by atoms with Crippen LogP contribution in [0.2, 0.25) is 0 Å². The molecule has 0 saturated heterocycles. The average molecular weight is 410 g/mol. The van der Waals surface area contributed by atoms with Gasteiger partial charge in [0.25, 0.3) is 0 Å². The molecule has 1 heterocycles. The zero-order valence-electron chi connectivity index (χ0n) is 18.5. The minimum atomic E-state index is -0.410. The van der Waals surface area contributed by atoms with E-state index in [0.29, 0.717) is 17.1 Å². The lowest BCUT2D eigenvalue weighted by molar-refractivity contribution is 0.100. The van der Waals surface area contributed by atoms with Crippen LogP contribution in [0.4, 0.5) is 0 Å². The first-order chi connectivity index (χ1) is 14.4. The smallest absolute Gasteiger partial charge is 0.248 e. The first-order valence-electron chi connectivity index (χ1n) is 10.2. The lowest BCUT2D eigenvalue weighted by atomic mass is 10.0. The highest BCUT2D eigenvalue weighted by atomic mass is 16.5. The average Bonchev–Trinajstić information content (AvgIpc) is 3.05. The highest BCUT2D eigenvalue weighted by Crippen LogP contribution is 2.39. The maximum atomic E-state index is 11.8. The molecular formula is C24H31N3O3. The van der Waals surface area contributed by atoms with Gasteiger partial charge in [0.05, 0.1) is 19.9 Å². The van der Waals surface area contributed by atoms with Gasteiger partial charge >= 0.3 is 0 Å². The van der Waals surface area contributed by atoms with E-state index >= 15 is 0 Å². The third-order valence-corrected chi connectivity index (χ3v) is 5.45. The number of benzene rings is 2. The van der Waals surface area contributed by atoms with E-state index in [4.69, 9.17) is 15.2 Å². The highest BCUT2D eigenvalue weighted by molar-refractivity contribution is 6.00. The fraction of sp³-hybridized carbons (Fsp3) is 0.375. The van der Waals surface area contributed by atoms with Gasteiger partial charge < -0.3 is 24.7 Å². The van der Waals surface area contributed by atoms with E-state index in [2.05, 4.69) is 36.6 Å². The summed E-state index contributed by atoms with van der Waals surface area (Å²) < 4.78 is 13.3. The van der Waals surface area contributed by atoms with E-state index in [1.54, 1.807) is 14.2 Å². The normalized spacial score (nSPS) is 11.3. The topological polar surface area (TPSA) is 69.7 Å². The molecule has 3 aromatic rings. The van der Waals surface area contributed by atoms with Crippen LogP contribution in [0.5, 0.6) is 11.5 Å². The molecule has 1 aromatic heterocycles. The van der Waals surface area contributed by atoms with Crippen molar-refractivity contribution in [3.8, 4) is 22.8 Å². The van der Waals surface area contributed by atoms with Gasteiger partial charge in [-0.3, -0.25) is 4.79 Å². The molecule has 0 fully saturated rings. The Hall–Kier alpha value is -2.99. The number of nitrogens with zero attached hydrogens (tertiary/aromatic N) is 2. The maximum Gasteiger partial charge on any atom is 0.248 e. The van der Waals surface area contributed by atoms with Gasteiger partial charge in [0.2, 0.25) is 5.91 Å². The lowest BCUT2D eigenvalue weighted by Gasteiger charge is -2.16. The quantitative estimate of drug-likeness (QED) is 0.581. The summed E-state index contributed by atoms with van der Waals surface area (Å²) >= 11 is 0. The molecule has 6 heteroatoms. The number of nitrogens with two attached hydrogens (primary N) is 1. The van der Waals surface area contributed by atoms with Crippen LogP contribution in [0.3, 0.4) is 0 Å². The zero-order chi connectivity index (χ0) is 21.8. The van der Waals surface area contributed by atoms with Crippen molar-refractivity contribution in [3.63, 3.8) is 0 Å². The van der Waals surface area contributed by atoms with Crippen molar-refractivity contribution >= 4 is 16.8 Å². The predicted molar refractivity (Wildman–Crippen MR) is 122 cm³/mol. The monoisotopic (exact) mass is 409 g/mol. The van der Waals surface area contributed by atoms with Gasteiger partial charge in [0.15, 0.2) is 11.5 Å². The molecule has 6 nitrogen and oxygen atoms in total. The Morgan fingerprint density at radius 3 is 2.40 bits per heavy atom. The van der Waals surface area contributed by atoms with Crippen molar-refractivity contribution in [1.29, 1.82) is 0 Å². The molecule has 0 saturated carbocycles. The summed E-state index contributed by atoms with van der Waals surface area (Å²) in [4.78, 5) is 14.0. The minimum absolute atomic E-state index is 0.410. The van der Waals surface area contributed by atoms with Gasteiger partial charge in [-0.2, -0.15) is 0 Å². The van der Waals surface area contributed by atoms with Crippen LogP contribution >= 0.6 is 0 Å². The number of ether oxygens (including phenoxy) is 2. The molecule has 0 atom stereocenters. The first-order valence-corrected chi connectivity index (χ1v) is 10.2. The van der Waals surface area contributed by atoms with Crippen LogP contribution in [-0.2, 0) is 13.0 Å². The largest absolute Gasteiger partial charge is 0.493 e. The van der Waals surface area contributed by atoms with Crippen LogP contribution in [-0.4, -0.2) is 50.2 Å². The third-order valence-electron chi connectivity index (χ3n) is 5.45. The number of hydrogen-bond donors (Lipinski definition) is 1. The summed E-state index contributed by atoms with van der Waals surface area (Å²) in [6.45, 7) is 4.00. The molecule has 0 unspecified atom stereocenters. The summed E-state index contributed by atoms with van der Waals surface area (Å²) in [5, 5.41) is 1.07. The number of rotatable bonds is 9. The molecule has 1 amide bonds. The van der Waals surface area contributed by atoms with Gasteiger partial charge in [-0.05, 0) is 75.4 Å². The van der Waals surface area contributed by atoms with Gasteiger partial charge in [-0.25, -0.2) is 0 Å². The van der Waals surface area contributed by atoms with Crippen LogP contribution in [0, 0.1) is 0 Å². The second-order valence-electron chi connectivity index (χ2n) is 7.66. The van der Waals surface area contributed by atoms with Crippen LogP contribution in [0.15, 0.2) is 36.4 Å². The van der Waals surface area contributed by atoms with E-state index in [0.717, 1.165) is 48.1 Å². The molecule has 0 spiro atoms. The number of aryl methyl sites for hydroxylation is 2. The summed E-state index contributed by atoms with van der Waals surface area (Å²) in [5.74, 6) is 0.984. The van der Waals surface area contributed by atoms with E-state index in [1.165, 1.54) is 5.56 Å². The zero-order valence-corrected chi connectivity index (χ0v) is 18.5. The number of primary amides is 1. The van der Waals surface area contributed by atoms with Crippen LogP contribution < -0.4 is 15.2 Å². The van der Waals surface area contributed by atoms with E-state index in [-0.39, 0.29) is 0 Å². The molecule has 0 aliphatic heterocycles. The minimum Gasteiger partial charge on any atom is -0.493 e. The third kappa shape index (κ3) is 4.14. The number of carbonyl (C=O) groups is 1. The Morgan fingerprint density at radius 1 is 1.07 bits per heavy atom. The molecule has 30 heavy (non-hydrogen) atoms. The molecule has 0 aliphatic carbocycles. The molecular weight excluding hydrogens is 378 g/mol. The lowest BCUT2D eigenvalue weighted by Crippen LogP contribution is -2.15. The molecule has 2 aromatic carbocycles. The van der Waals surface area contributed by atoms with E-state index in [9.17, 15) is 4.79 Å². The van der Waals surface area contributed by atoms with Gasteiger partial charge in [-0.15, -0.1) is 0 Å². The number of methoxy groups -OCH3 is 2. The Morgan fingerprint density at radius 2 is 1.80 bits per heavy atom. The van der Waals surface area contributed by atoms with Crippen molar-refractivity contribution in [2.24, 2.45) is 5.73 Å². The van der Waals surface area contributed by atoms with E-state index < -0.39 is 5.91 Å². The predicted octanol–water partition coefficient (Wildman–Crippen LogP) is 3.94. The summed E-state index contributed by atoms with van der Waals surface area (Å²) in [5.41, 5.74) is 10.6. The molecule has 0 bridgehead atoms. The second-order valence-corrected chi connectivity index (χ2v) is 7.66. The van der Waals surface area contributed by atoms with Crippen LogP contribution in [0.1, 0.15) is 29.3 Å². The highest BCUT2D eigenvalue weighted by Gasteiger charge is 2.20. The van der Waals surface area contributed by atoms with E-state index in [1.807, 2.05) is 30.3 Å². The molecule has 160 valence electrons. The summed E-state index contributed by atoms with van der Waals surface area (Å²) in [7, 11) is 7.45. The number of carbonyl (C=O) groups excluding carboxylic acids is 1. The standard InChI is InChI=1S/C24H31N3O3/c1-6-18-19-14-17(24(25)28)8-10-20(19)27(13-7-12-26(2)3)23(18)16-9-11-21(29-4)22(15-16)30-5/h8-11,14-15H,6-7,12-13H2,1-5H3,(H2,25,28). The number of amides is 1. The fourth-order valence-corrected chi connectivity index (χ4v) is 4.03. The molecule has 3 rings (SSSR count). The van der Waals surface area contributed by atoms with Crippen molar-refractivity contribution in [2.75, 3.05) is 34.9 Å². The second kappa shape index (κ2) is 9.22. The van der Waals surface area contributed by atoms with Crippen molar-refractivity contribution < 1.29 is 14.3 Å². The summed E-state index contributed by atoms with van der Waals surface area (Å²) in [6.07, 6.45) is 1.85. The SMILES string of the molecule is CCc1c(-c2ccc(OC)c(OC)c2)n(CCCN(C)C)c2ccc(C(N)=O)cc12. The Labute approximate surface area is 178 Å². The van der Waals surface area contributed by atoms with Gasteiger partial charge in [-0.1, -0.05) is 6.92 Å². The summed E-state index contributed by atoms with van der Waals surface area (Å²) in [6, 6.07) is 11.8. The Bertz CT molecular complexity index is 1050. The molecule has 0 aliphatic rings.